The molecule has 0 fully saturated rings. The predicted molar refractivity (Wildman–Crippen MR) is 51.9 cm³/mol. The molecule has 0 radical (unpaired) electrons. The van der Waals surface area contributed by atoms with Gasteiger partial charge in [0.1, 0.15) is 0 Å². The molecule has 0 saturated carbocycles. The lowest BCUT2D eigenvalue weighted by Crippen LogP contribution is -2.15. The number of carbonyl (C=O) groups is 1. The topological polar surface area (TPSA) is 66.8 Å². The molecule has 0 amide bonds. The first-order valence-corrected chi connectivity index (χ1v) is 4.81. The van der Waals surface area contributed by atoms with Gasteiger partial charge in [-0.05, 0) is 22.0 Å². The molecule has 5 heteroatoms. The number of phenolic OH excluding ortho intramolecular Hbond substituents is 2. The highest BCUT2D eigenvalue weighted by molar-refractivity contribution is 9.10. The number of carbonyl (C=O) groups excluding carboxylic acids is 1. The van der Waals surface area contributed by atoms with Crippen molar-refractivity contribution in [1.29, 1.82) is 0 Å². The number of hydrogen-bond acceptors (Lipinski definition) is 4. The van der Waals surface area contributed by atoms with Crippen molar-refractivity contribution < 1.29 is 19.7 Å². The van der Waals surface area contributed by atoms with Gasteiger partial charge in [-0.3, -0.25) is 4.79 Å². The minimum atomic E-state index is -0.387. The first kappa shape index (κ1) is 9.33. The number of ketones is 1. The van der Waals surface area contributed by atoms with Crippen molar-refractivity contribution >= 4 is 21.7 Å². The highest BCUT2D eigenvalue weighted by Crippen LogP contribution is 2.45. The lowest BCUT2D eigenvalue weighted by molar-refractivity contribution is 0.0930. The Labute approximate surface area is 88.3 Å². The Morgan fingerprint density at radius 1 is 1.36 bits per heavy atom. The van der Waals surface area contributed by atoms with E-state index in [0.717, 1.165) is 0 Å². The summed E-state index contributed by atoms with van der Waals surface area (Å²) in [6, 6.07) is 1.45. The summed E-state index contributed by atoms with van der Waals surface area (Å²) in [4.78, 5) is 11.4. The number of phenols is 2. The molecule has 1 aromatic rings. The largest absolute Gasteiger partial charge is 0.503 e. The zero-order valence-electron chi connectivity index (χ0n) is 7.08. The molecule has 0 saturated heterocycles. The van der Waals surface area contributed by atoms with E-state index in [1.165, 1.54) is 6.07 Å². The van der Waals surface area contributed by atoms with Crippen LogP contribution in [0.2, 0.25) is 0 Å². The molecular formula is C9H7BrO4. The fourth-order valence-electron chi connectivity index (χ4n) is 1.34. The zero-order chi connectivity index (χ0) is 10.3. The number of halogens is 1. The first-order chi connectivity index (χ1) is 6.61. The molecule has 0 aromatic heterocycles. The van der Waals surface area contributed by atoms with Crippen molar-refractivity contribution in [2.75, 3.05) is 6.61 Å². The second-order valence-corrected chi connectivity index (χ2v) is 3.81. The Bertz CT molecular complexity index is 414. The maximum Gasteiger partial charge on any atom is 0.202 e. The summed E-state index contributed by atoms with van der Waals surface area (Å²) in [5, 5.41) is 18.8. The number of aromatic hydroxyl groups is 2. The van der Waals surface area contributed by atoms with Gasteiger partial charge < -0.3 is 14.9 Å². The summed E-state index contributed by atoms with van der Waals surface area (Å²) in [5.41, 5.74) is 0.304. The Morgan fingerprint density at radius 2 is 2.07 bits per heavy atom. The third-order valence-corrected chi connectivity index (χ3v) is 2.66. The summed E-state index contributed by atoms with van der Waals surface area (Å²) in [6.45, 7) is 0.237. The molecular weight excluding hydrogens is 252 g/mol. The van der Waals surface area contributed by atoms with E-state index in [4.69, 9.17) is 4.74 Å². The lowest BCUT2D eigenvalue weighted by atomic mass is 10.0. The zero-order valence-corrected chi connectivity index (χ0v) is 8.67. The van der Waals surface area contributed by atoms with Crippen molar-refractivity contribution in [3.8, 4) is 17.2 Å². The van der Waals surface area contributed by atoms with Gasteiger partial charge in [-0.15, -0.1) is 0 Å². The number of hydrogen-bond donors (Lipinski definition) is 2. The molecule has 0 aliphatic carbocycles. The summed E-state index contributed by atoms with van der Waals surface area (Å²) in [7, 11) is 0. The normalized spacial score (nSPS) is 14.8. The second-order valence-electron chi connectivity index (χ2n) is 2.95. The van der Waals surface area contributed by atoms with Gasteiger partial charge >= 0.3 is 0 Å². The Morgan fingerprint density at radius 3 is 2.79 bits per heavy atom. The fraction of sp³-hybridized carbons (Fsp3) is 0.222. The molecule has 0 bridgehead atoms. The molecule has 0 spiro atoms. The maximum atomic E-state index is 11.4. The number of benzene rings is 1. The van der Waals surface area contributed by atoms with Crippen LogP contribution in [-0.2, 0) is 0 Å². The molecule has 4 nitrogen and oxygen atoms in total. The SMILES string of the molecule is O=C1CCOc2c1cc(Br)c(O)c2O. The molecule has 1 aliphatic rings. The van der Waals surface area contributed by atoms with Crippen molar-refractivity contribution in [3.63, 3.8) is 0 Å². The molecule has 14 heavy (non-hydrogen) atoms. The third-order valence-electron chi connectivity index (χ3n) is 2.06. The molecule has 74 valence electrons. The van der Waals surface area contributed by atoms with Gasteiger partial charge in [-0.1, -0.05) is 0 Å². The number of rotatable bonds is 0. The van der Waals surface area contributed by atoms with Gasteiger partial charge in [-0.25, -0.2) is 0 Å². The predicted octanol–water partition coefficient (Wildman–Crippen LogP) is 1.83. The number of ether oxygens (including phenoxy) is 1. The van der Waals surface area contributed by atoms with Crippen LogP contribution in [0.25, 0.3) is 0 Å². The van der Waals surface area contributed by atoms with Crippen molar-refractivity contribution in [2.45, 2.75) is 6.42 Å². The minimum absolute atomic E-state index is 0.0713. The minimum Gasteiger partial charge on any atom is -0.503 e. The van der Waals surface area contributed by atoms with E-state index < -0.39 is 0 Å². The van der Waals surface area contributed by atoms with Gasteiger partial charge in [0, 0.05) is 6.42 Å². The van der Waals surface area contributed by atoms with E-state index in [9.17, 15) is 15.0 Å². The highest BCUT2D eigenvalue weighted by atomic mass is 79.9. The molecule has 2 N–H and O–H groups in total. The van der Waals surface area contributed by atoms with Gasteiger partial charge in [0.15, 0.2) is 17.3 Å². The van der Waals surface area contributed by atoms with E-state index in [1.54, 1.807) is 0 Å². The summed E-state index contributed by atoms with van der Waals surface area (Å²) in [5.74, 6) is -0.718. The average Bonchev–Trinajstić information content (AvgIpc) is 2.17. The van der Waals surface area contributed by atoms with Gasteiger partial charge in [0.25, 0.3) is 0 Å². The Balaban J connectivity index is 2.69. The lowest BCUT2D eigenvalue weighted by Gasteiger charge is -2.18. The van der Waals surface area contributed by atoms with Crippen molar-refractivity contribution in [1.82, 2.24) is 0 Å². The smallest absolute Gasteiger partial charge is 0.202 e. The van der Waals surface area contributed by atoms with E-state index in [2.05, 4.69) is 15.9 Å². The van der Waals surface area contributed by atoms with Crippen LogP contribution in [0.1, 0.15) is 16.8 Å². The van der Waals surface area contributed by atoms with Gasteiger partial charge in [-0.2, -0.15) is 0 Å². The van der Waals surface area contributed by atoms with Crippen LogP contribution >= 0.6 is 15.9 Å². The monoisotopic (exact) mass is 258 g/mol. The maximum absolute atomic E-state index is 11.4. The molecule has 1 aromatic carbocycles. The van der Waals surface area contributed by atoms with Crippen LogP contribution in [0.3, 0.4) is 0 Å². The van der Waals surface area contributed by atoms with Crippen molar-refractivity contribution in [2.24, 2.45) is 0 Å². The molecule has 1 heterocycles. The van der Waals surface area contributed by atoms with E-state index in [1.807, 2.05) is 0 Å². The standard InChI is InChI=1S/C9H7BrO4/c10-5-3-4-6(11)1-2-14-9(4)8(13)7(5)12/h3,12-13H,1-2H2. The Kier molecular flexibility index (Phi) is 2.11. The Hall–Kier alpha value is -1.23. The van der Waals surface area contributed by atoms with Crippen LogP contribution in [-0.4, -0.2) is 22.6 Å². The molecule has 1 aliphatic heterocycles. The van der Waals surface area contributed by atoms with Crippen molar-refractivity contribution in [3.05, 3.63) is 16.1 Å². The molecule has 2 rings (SSSR count). The summed E-state index contributed by atoms with van der Waals surface area (Å²) >= 11 is 3.03. The number of Topliss-reactive ketones (excluding diaryl/α,β-unsaturated/α-hetero) is 1. The summed E-state index contributed by atoms with van der Waals surface area (Å²) in [6.07, 6.45) is 0.295. The summed E-state index contributed by atoms with van der Waals surface area (Å²) < 4.78 is 5.39. The first-order valence-electron chi connectivity index (χ1n) is 4.01. The van der Waals surface area contributed by atoms with E-state index in [-0.39, 0.29) is 34.1 Å². The van der Waals surface area contributed by atoms with Crippen LogP contribution in [0.15, 0.2) is 10.5 Å². The average molecular weight is 259 g/mol. The van der Waals surface area contributed by atoms with Crippen LogP contribution < -0.4 is 4.74 Å². The molecule has 0 unspecified atom stereocenters. The number of fused-ring (bicyclic) bond motifs is 1. The fourth-order valence-corrected chi connectivity index (χ4v) is 1.76. The van der Waals surface area contributed by atoms with E-state index >= 15 is 0 Å². The van der Waals surface area contributed by atoms with E-state index in [0.29, 0.717) is 12.0 Å². The highest BCUT2D eigenvalue weighted by Gasteiger charge is 2.25. The third kappa shape index (κ3) is 1.24. The van der Waals surface area contributed by atoms with Gasteiger partial charge in [0.2, 0.25) is 5.75 Å². The van der Waals surface area contributed by atoms with Crippen LogP contribution in [0, 0.1) is 0 Å². The molecule has 0 atom stereocenters. The quantitative estimate of drug-likeness (QED) is 0.697. The second kappa shape index (κ2) is 3.16. The van der Waals surface area contributed by atoms with Crippen LogP contribution in [0.5, 0.6) is 17.2 Å². The van der Waals surface area contributed by atoms with Gasteiger partial charge in [0.05, 0.1) is 16.6 Å². The van der Waals surface area contributed by atoms with Crippen LogP contribution in [0.4, 0.5) is 0 Å².